The Labute approximate surface area is 196 Å². The fraction of sp³-hybridized carbons (Fsp3) is 0.136. The number of nitrogens with one attached hydrogen (secondary N) is 2. The third-order valence-electron chi connectivity index (χ3n) is 4.61. The summed E-state index contributed by atoms with van der Waals surface area (Å²) in [5.41, 5.74) is 2.08. The summed E-state index contributed by atoms with van der Waals surface area (Å²) < 4.78 is 0. The lowest BCUT2D eigenvalue weighted by molar-refractivity contribution is -0.115. The molecule has 2 heterocycles. The summed E-state index contributed by atoms with van der Waals surface area (Å²) in [7, 11) is 0. The second kappa shape index (κ2) is 9.44. The smallest absolute Gasteiger partial charge is 0.260 e. The van der Waals surface area contributed by atoms with Gasteiger partial charge < -0.3 is 10.3 Å². The van der Waals surface area contributed by atoms with Crippen LogP contribution in [0, 0.1) is 0 Å². The van der Waals surface area contributed by atoms with Crippen LogP contribution in [0.3, 0.4) is 0 Å². The number of carbonyl (C=O) groups excluding carboxylic acids is 1. The fourth-order valence-corrected chi connectivity index (χ4v) is 5.44. The molecule has 158 valence electrons. The van der Waals surface area contributed by atoms with E-state index in [-0.39, 0.29) is 11.5 Å². The number of aromatic nitrogens is 2. The molecule has 0 bridgehead atoms. The highest BCUT2D eigenvalue weighted by Crippen LogP contribution is 2.33. The molecule has 0 aliphatic rings. The van der Waals surface area contributed by atoms with E-state index in [1.807, 2.05) is 42.6 Å². The van der Waals surface area contributed by atoms with Gasteiger partial charge >= 0.3 is 0 Å². The van der Waals surface area contributed by atoms with E-state index in [0.717, 1.165) is 11.1 Å². The zero-order chi connectivity index (χ0) is 22.0. The van der Waals surface area contributed by atoms with Crippen molar-refractivity contribution >= 4 is 68.1 Å². The molecule has 1 amide bonds. The molecular formula is C22H17Cl2N3O2S2. The summed E-state index contributed by atoms with van der Waals surface area (Å²) in [6, 6.07) is 14.6. The number of halogens is 2. The van der Waals surface area contributed by atoms with Gasteiger partial charge in [-0.3, -0.25) is 9.59 Å². The molecule has 31 heavy (non-hydrogen) atoms. The average Bonchev–Trinajstić information content (AvgIpc) is 3.19. The Morgan fingerprint density at radius 3 is 2.71 bits per heavy atom. The Balaban J connectivity index is 1.58. The van der Waals surface area contributed by atoms with Crippen LogP contribution in [-0.2, 0) is 4.79 Å². The first-order valence-corrected chi connectivity index (χ1v) is 12.0. The third kappa shape index (κ3) is 4.80. The summed E-state index contributed by atoms with van der Waals surface area (Å²) in [6.07, 6.45) is 0.545. The number of hydrogen-bond donors (Lipinski definition) is 2. The van der Waals surface area contributed by atoms with Crippen LogP contribution < -0.4 is 10.9 Å². The second-order valence-corrected chi connectivity index (χ2v) is 9.59. The molecule has 1 atom stereocenters. The van der Waals surface area contributed by atoms with Crippen molar-refractivity contribution in [3.8, 4) is 11.1 Å². The Kier molecular flexibility index (Phi) is 6.67. The van der Waals surface area contributed by atoms with Gasteiger partial charge in [-0.1, -0.05) is 72.2 Å². The first-order valence-electron chi connectivity index (χ1n) is 9.45. The largest absolute Gasteiger partial charge is 0.324 e. The molecule has 9 heteroatoms. The summed E-state index contributed by atoms with van der Waals surface area (Å²) in [5, 5.41) is 6.11. The lowest BCUT2D eigenvalue weighted by Gasteiger charge is -2.15. The molecular weight excluding hydrogens is 473 g/mol. The number of nitrogens with zero attached hydrogens (tertiary/aromatic N) is 1. The van der Waals surface area contributed by atoms with Crippen molar-refractivity contribution in [1.29, 1.82) is 0 Å². The molecule has 2 aromatic heterocycles. The van der Waals surface area contributed by atoms with Gasteiger partial charge in [-0.15, -0.1) is 11.3 Å². The maximum atomic E-state index is 12.8. The van der Waals surface area contributed by atoms with Gasteiger partial charge in [-0.25, -0.2) is 4.98 Å². The highest BCUT2D eigenvalue weighted by molar-refractivity contribution is 8.00. The Bertz CT molecular complexity index is 1310. The fourth-order valence-electron chi connectivity index (χ4n) is 3.08. The van der Waals surface area contributed by atoms with Gasteiger partial charge in [0.2, 0.25) is 5.91 Å². The molecule has 2 N–H and O–H groups in total. The normalized spacial score (nSPS) is 12.1. The van der Waals surface area contributed by atoms with Crippen LogP contribution in [0.2, 0.25) is 10.0 Å². The Morgan fingerprint density at radius 2 is 2.00 bits per heavy atom. The Hall–Kier alpha value is -2.32. The van der Waals surface area contributed by atoms with E-state index < -0.39 is 5.25 Å². The van der Waals surface area contributed by atoms with Crippen LogP contribution in [-0.4, -0.2) is 21.1 Å². The van der Waals surface area contributed by atoms with E-state index >= 15 is 0 Å². The zero-order valence-corrected chi connectivity index (χ0v) is 19.5. The first kappa shape index (κ1) is 21.9. The molecule has 4 rings (SSSR count). The van der Waals surface area contributed by atoms with Gasteiger partial charge in [0.1, 0.15) is 4.83 Å². The molecule has 5 nitrogen and oxygen atoms in total. The van der Waals surface area contributed by atoms with Crippen molar-refractivity contribution in [2.75, 3.05) is 5.32 Å². The SMILES string of the molecule is CCC(Sc1nc2scc(-c3ccccc3)c2c(=O)[nH]1)C(=O)Nc1ccc(Cl)cc1Cl. The van der Waals surface area contributed by atoms with Crippen molar-refractivity contribution in [2.24, 2.45) is 0 Å². The predicted molar refractivity (Wildman–Crippen MR) is 131 cm³/mol. The van der Waals surface area contributed by atoms with Crippen molar-refractivity contribution in [1.82, 2.24) is 9.97 Å². The standard InChI is InChI=1S/C22H17Cl2N3O2S2/c1-2-17(19(28)25-16-9-8-13(23)10-15(16)24)31-22-26-20(29)18-14(11-30-21(18)27-22)12-6-4-3-5-7-12/h3-11,17H,2H2,1H3,(H,25,28)(H,26,27,29). The van der Waals surface area contributed by atoms with Crippen LogP contribution in [0.1, 0.15) is 13.3 Å². The molecule has 4 aromatic rings. The van der Waals surface area contributed by atoms with Crippen LogP contribution in [0.25, 0.3) is 21.3 Å². The topological polar surface area (TPSA) is 74.8 Å². The van der Waals surface area contributed by atoms with Crippen LogP contribution in [0.15, 0.2) is 63.9 Å². The maximum absolute atomic E-state index is 12.8. The molecule has 0 aliphatic carbocycles. The number of benzene rings is 2. The molecule has 0 saturated carbocycles. The van der Waals surface area contributed by atoms with E-state index in [2.05, 4.69) is 15.3 Å². The second-order valence-electron chi connectivity index (χ2n) is 6.69. The Morgan fingerprint density at radius 1 is 1.23 bits per heavy atom. The maximum Gasteiger partial charge on any atom is 0.260 e. The van der Waals surface area contributed by atoms with E-state index in [9.17, 15) is 9.59 Å². The van der Waals surface area contributed by atoms with Crippen molar-refractivity contribution in [3.63, 3.8) is 0 Å². The van der Waals surface area contributed by atoms with Gasteiger partial charge in [-0.05, 0) is 30.2 Å². The number of thioether (sulfide) groups is 1. The van der Waals surface area contributed by atoms with Crippen molar-refractivity contribution in [2.45, 2.75) is 23.8 Å². The number of H-pyrrole nitrogens is 1. The minimum Gasteiger partial charge on any atom is -0.324 e. The van der Waals surface area contributed by atoms with E-state index in [1.54, 1.807) is 18.2 Å². The first-order chi connectivity index (χ1) is 15.0. The van der Waals surface area contributed by atoms with Gasteiger partial charge in [0.25, 0.3) is 5.56 Å². The zero-order valence-electron chi connectivity index (χ0n) is 16.3. The quantitative estimate of drug-likeness (QED) is 0.240. The molecule has 0 aliphatic heterocycles. The van der Waals surface area contributed by atoms with Crippen LogP contribution in [0.5, 0.6) is 0 Å². The highest BCUT2D eigenvalue weighted by Gasteiger charge is 2.21. The number of amides is 1. The highest BCUT2D eigenvalue weighted by atomic mass is 35.5. The molecule has 0 spiro atoms. The van der Waals surface area contributed by atoms with Gasteiger partial charge in [0, 0.05) is 16.0 Å². The molecule has 0 radical (unpaired) electrons. The van der Waals surface area contributed by atoms with E-state index in [0.29, 0.717) is 37.5 Å². The number of carbonyl (C=O) groups is 1. The third-order valence-corrected chi connectivity index (χ3v) is 7.28. The van der Waals surface area contributed by atoms with Gasteiger partial charge in [-0.2, -0.15) is 0 Å². The summed E-state index contributed by atoms with van der Waals surface area (Å²) >= 11 is 14.7. The number of rotatable bonds is 6. The number of fused-ring (bicyclic) bond motifs is 1. The van der Waals surface area contributed by atoms with Crippen LogP contribution >= 0.6 is 46.3 Å². The molecule has 1 unspecified atom stereocenters. The summed E-state index contributed by atoms with van der Waals surface area (Å²) in [4.78, 5) is 33.7. The number of thiophene rings is 1. The minimum atomic E-state index is -0.457. The van der Waals surface area contributed by atoms with Crippen molar-refractivity contribution < 1.29 is 4.79 Å². The van der Waals surface area contributed by atoms with E-state index in [4.69, 9.17) is 23.2 Å². The van der Waals surface area contributed by atoms with Crippen LogP contribution in [0.4, 0.5) is 5.69 Å². The minimum absolute atomic E-state index is 0.219. The monoisotopic (exact) mass is 489 g/mol. The average molecular weight is 490 g/mol. The van der Waals surface area contributed by atoms with Gasteiger partial charge in [0.05, 0.1) is 21.3 Å². The summed E-state index contributed by atoms with van der Waals surface area (Å²) in [5.74, 6) is -0.226. The number of hydrogen-bond acceptors (Lipinski definition) is 5. The predicted octanol–water partition coefficient (Wildman–Crippen LogP) is 6.47. The number of aromatic amines is 1. The molecule has 0 saturated heterocycles. The van der Waals surface area contributed by atoms with Crippen molar-refractivity contribution in [3.05, 3.63) is 74.3 Å². The number of anilines is 1. The van der Waals surface area contributed by atoms with E-state index in [1.165, 1.54) is 23.1 Å². The lowest BCUT2D eigenvalue weighted by atomic mass is 10.1. The molecule has 2 aromatic carbocycles. The molecule has 0 fully saturated rings. The lowest BCUT2D eigenvalue weighted by Crippen LogP contribution is -2.25. The van der Waals surface area contributed by atoms with Gasteiger partial charge in [0.15, 0.2) is 5.16 Å². The summed E-state index contributed by atoms with van der Waals surface area (Å²) in [6.45, 7) is 1.90.